The Morgan fingerprint density at radius 3 is 2.46 bits per heavy atom. The van der Waals surface area contributed by atoms with Gasteiger partial charge in [0.05, 0.1) is 0 Å². The summed E-state index contributed by atoms with van der Waals surface area (Å²) < 4.78 is 0. The van der Waals surface area contributed by atoms with Gasteiger partial charge in [0.1, 0.15) is 0 Å². The maximum Gasteiger partial charge on any atom is 0.00117 e. The normalized spacial score (nSPS) is 34.9. The van der Waals surface area contributed by atoms with E-state index in [1.165, 1.54) is 13.0 Å². The molecule has 0 aromatic heterocycles. The molecule has 1 aliphatic carbocycles. The van der Waals surface area contributed by atoms with Gasteiger partial charge in [-0.15, -0.1) is 0 Å². The van der Waals surface area contributed by atoms with Crippen LogP contribution in [0.25, 0.3) is 0 Å². The van der Waals surface area contributed by atoms with Gasteiger partial charge in [0.25, 0.3) is 0 Å². The largest absolute Gasteiger partial charge is 0.309 e. The molecule has 0 aromatic rings. The molecule has 1 aliphatic rings. The number of nitrogens with zero attached hydrogens (tertiary/aromatic N) is 1. The zero-order valence-electron chi connectivity index (χ0n) is 9.67. The van der Waals surface area contributed by atoms with Crippen LogP contribution < -0.4 is 0 Å². The van der Waals surface area contributed by atoms with Crippen molar-refractivity contribution in [3.63, 3.8) is 0 Å². The van der Waals surface area contributed by atoms with Crippen molar-refractivity contribution in [3.05, 3.63) is 11.6 Å². The van der Waals surface area contributed by atoms with E-state index in [0.717, 1.165) is 17.8 Å². The van der Waals surface area contributed by atoms with Crippen molar-refractivity contribution in [1.29, 1.82) is 0 Å². The van der Waals surface area contributed by atoms with Gasteiger partial charge >= 0.3 is 0 Å². The molecule has 0 heterocycles. The maximum absolute atomic E-state index is 2.45. The number of hydrogen-bond donors (Lipinski definition) is 0. The van der Waals surface area contributed by atoms with E-state index in [1.807, 2.05) is 0 Å². The van der Waals surface area contributed by atoms with E-state index in [0.29, 0.717) is 0 Å². The average Bonchev–Trinajstić information content (AvgIpc) is 1.96. The maximum atomic E-state index is 2.45. The summed E-state index contributed by atoms with van der Waals surface area (Å²) in [4.78, 5) is 2.31. The summed E-state index contributed by atoms with van der Waals surface area (Å²) in [5.74, 6) is 2.45. The van der Waals surface area contributed by atoms with Crippen LogP contribution in [0.2, 0.25) is 0 Å². The van der Waals surface area contributed by atoms with Gasteiger partial charge in [0.2, 0.25) is 0 Å². The summed E-state index contributed by atoms with van der Waals surface area (Å²) >= 11 is 0. The first-order chi connectivity index (χ1) is 6.00. The lowest BCUT2D eigenvalue weighted by atomic mass is 9.75. The third-order valence-electron chi connectivity index (χ3n) is 3.17. The fraction of sp³-hybridized carbons (Fsp3) is 0.833. The van der Waals surface area contributed by atoms with Crippen LogP contribution in [0.15, 0.2) is 11.6 Å². The van der Waals surface area contributed by atoms with Crippen molar-refractivity contribution in [2.75, 3.05) is 20.6 Å². The summed E-state index contributed by atoms with van der Waals surface area (Å²) in [5.41, 5.74) is 1.58. The Labute approximate surface area is 82.8 Å². The highest BCUT2D eigenvalue weighted by atomic mass is 15.1. The summed E-state index contributed by atoms with van der Waals surface area (Å²) in [7, 11) is 4.34. The van der Waals surface area contributed by atoms with Crippen molar-refractivity contribution in [2.45, 2.75) is 27.2 Å². The molecule has 13 heavy (non-hydrogen) atoms. The van der Waals surface area contributed by atoms with Crippen molar-refractivity contribution in [1.82, 2.24) is 4.90 Å². The highest BCUT2D eigenvalue weighted by Gasteiger charge is 2.26. The molecule has 1 nitrogen and oxygen atoms in total. The Morgan fingerprint density at radius 2 is 2.00 bits per heavy atom. The first kappa shape index (κ1) is 10.8. The van der Waals surface area contributed by atoms with Crippen LogP contribution in [0.4, 0.5) is 0 Å². The molecule has 1 heteroatoms. The molecule has 0 bridgehead atoms. The molecule has 0 aromatic carbocycles. The molecular weight excluding hydrogens is 158 g/mol. The first-order valence-corrected chi connectivity index (χ1v) is 5.32. The molecule has 0 amide bonds. The van der Waals surface area contributed by atoms with E-state index in [2.05, 4.69) is 45.8 Å². The van der Waals surface area contributed by atoms with E-state index in [-0.39, 0.29) is 0 Å². The van der Waals surface area contributed by atoms with Gasteiger partial charge in [-0.25, -0.2) is 0 Å². The third kappa shape index (κ3) is 2.84. The Kier molecular flexibility index (Phi) is 3.55. The molecule has 1 rings (SSSR count). The van der Waals surface area contributed by atoms with Crippen LogP contribution in [0.3, 0.4) is 0 Å². The van der Waals surface area contributed by atoms with Crippen LogP contribution >= 0.6 is 0 Å². The van der Waals surface area contributed by atoms with Gasteiger partial charge in [-0.2, -0.15) is 0 Å². The topological polar surface area (TPSA) is 3.24 Å². The minimum absolute atomic E-state index is 0.756. The van der Waals surface area contributed by atoms with Crippen molar-refractivity contribution in [3.8, 4) is 0 Å². The number of rotatable bonds is 2. The minimum atomic E-state index is 0.756. The second kappa shape index (κ2) is 4.28. The first-order valence-electron chi connectivity index (χ1n) is 5.32. The van der Waals surface area contributed by atoms with E-state index in [4.69, 9.17) is 0 Å². The average molecular weight is 181 g/mol. The monoisotopic (exact) mass is 181 g/mol. The molecule has 0 saturated heterocycles. The van der Waals surface area contributed by atoms with Crippen LogP contribution in [-0.4, -0.2) is 25.5 Å². The molecule has 76 valence electrons. The molecule has 0 spiro atoms. The van der Waals surface area contributed by atoms with Gasteiger partial charge in [-0.3, -0.25) is 0 Å². The molecule has 0 saturated carbocycles. The standard InChI is InChI=1S/C12H23N/c1-9-6-10(2)12(8-13(4)5)11(3)7-9/h6,10-12H,7-8H2,1-5H3/t10-,11+,12+/m0/s1. The molecule has 3 atom stereocenters. The second-order valence-corrected chi connectivity index (χ2v) is 4.98. The Hall–Kier alpha value is -0.300. The lowest BCUT2D eigenvalue weighted by molar-refractivity contribution is 0.204. The van der Waals surface area contributed by atoms with E-state index >= 15 is 0 Å². The quantitative estimate of drug-likeness (QED) is 0.592. The van der Waals surface area contributed by atoms with Gasteiger partial charge in [-0.05, 0) is 45.2 Å². The lowest BCUT2D eigenvalue weighted by Crippen LogP contribution is -2.32. The van der Waals surface area contributed by atoms with Crippen molar-refractivity contribution < 1.29 is 0 Å². The van der Waals surface area contributed by atoms with Gasteiger partial charge < -0.3 is 4.90 Å². The Bertz CT molecular complexity index is 193. The Morgan fingerprint density at radius 1 is 1.38 bits per heavy atom. The fourth-order valence-electron chi connectivity index (χ4n) is 2.59. The molecule has 0 unspecified atom stereocenters. The summed E-state index contributed by atoms with van der Waals surface area (Å²) in [6, 6.07) is 0. The number of hydrogen-bond acceptors (Lipinski definition) is 1. The van der Waals surface area contributed by atoms with Crippen LogP contribution in [0.5, 0.6) is 0 Å². The fourth-order valence-corrected chi connectivity index (χ4v) is 2.59. The lowest BCUT2D eigenvalue weighted by Gasteiger charge is -2.34. The zero-order chi connectivity index (χ0) is 10.0. The summed E-state index contributed by atoms with van der Waals surface area (Å²) in [5, 5.41) is 0. The molecule has 0 aliphatic heterocycles. The van der Waals surface area contributed by atoms with Crippen LogP contribution in [-0.2, 0) is 0 Å². The van der Waals surface area contributed by atoms with E-state index < -0.39 is 0 Å². The second-order valence-electron chi connectivity index (χ2n) is 4.98. The summed E-state index contributed by atoms with van der Waals surface area (Å²) in [6.45, 7) is 8.24. The van der Waals surface area contributed by atoms with Gasteiger partial charge in [0.15, 0.2) is 0 Å². The summed E-state index contributed by atoms with van der Waals surface area (Å²) in [6.07, 6.45) is 3.75. The highest BCUT2D eigenvalue weighted by molar-refractivity contribution is 5.08. The van der Waals surface area contributed by atoms with Crippen LogP contribution in [0.1, 0.15) is 27.2 Å². The van der Waals surface area contributed by atoms with Crippen LogP contribution in [0, 0.1) is 17.8 Å². The predicted octanol–water partition coefficient (Wildman–Crippen LogP) is 2.79. The van der Waals surface area contributed by atoms with Crippen molar-refractivity contribution in [2.24, 2.45) is 17.8 Å². The van der Waals surface area contributed by atoms with Gasteiger partial charge in [0, 0.05) is 6.54 Å². The van der Waals surface area contributed by atoms with Gasteiger partial charge in [-0.1, -0.05) is 25.5 Å². The predicted molar refractivity (Wildman–Crippen MR) is 58.7 cm³/mol. The molecular formula is C12H23N. The van der Waals surface area contributed by atoms with E-state index in [9.17, 15) is 0 Å². The molecule has 0 fully saturated rings. The smallest absolute Gasteiger partial charge is 0.00117 e. The third-order valence-corrected chi connectivity index (χ3v) is 3.17. The SMILES string of the molecule is CC1=C[C@H](C)[C@@H](CN(C)C)[C@H](C)C1. The number of allylic oxidation sites excluding steroid dienone is 2. The molecule has 0 N–H and O–H groups in total. The Balaban J connectivity index is 2.63. The van der Waals surface area contributed by atoms with E-state index in [1.54, 1.807) is 5.57 Å². The van der Waals surface area contributed by atoms with Crippen molar-refractivity contribution >= 4 is 0 Å². The zero-order valence-corrected chi connectivity index (χ0v) is 9.67. The minimum Gasteiger partial charge on any atom is -0.309 e. The highest BCUT2D eigenvalue weighted by Crippen LogP contribution is 2.33. The molecule has 0 radical (unpaired) electrons.